The Labute approximate surface area is 108 Å². The normalized spacial score (nSPS) is 16.7. The molecule has 0 aliphatic heterocycles. The number of benzene rings is 1. The van der Waals surface area contributed by atoms with Crippen molar-refractivity contribution >= 4 is 10.9 Å². The van der Waals surface area contributed by atoms with Gasteiger partial charge in [0.1, 0.15) is 0 Å². The quantitative estimate of drug-likeness (QED) is 0.875. The average Bonchev–Trinajstić information content (AvgIpc) is 3.01. The van der Waals surface area contributed by atoms with Crippen molar-refractivity contribution in [2.24, 2.45) is 5.92 Å². The van der Waals surface area contributed by atoms with Crippen molar-refractivity contribution in [2.45, 2.75) is 38.6 Å². The lowest BCUT2D eigenvalue weighted by Gasteiger charge is -2.12. The summed E-state index contributed by atoms with van der Waals surface area (Å²) in [7, 11) is 0. The van der Waals surface area contributed by atoms with Gasteiger partial charge in [-0.2, -0.15) is 0 Å². The Morgan fingerprint density at radius 1 is 1.17 bits per heavy atom. The minimum absolute atomic E-state index is 0.231. The Bertz CT molecular complexity index is 523. The molecule has 1 fully saturated rings. The van der Waals surface area contributed by atoms with Crippen LogP contribution in [0.5, 0.6) is 0 Å². The van der Waals surface area contributed by atoms with Crippen LogP contribution in [0.3, 0.4) is 0 Å². The minimum atomic E-state index is 0.231. The van der Waals surface area contributed by atoms with Crippen molar-refractivity contribution in [1.29, 1.82) is 0 Å². The van der Waals surface area contributed by atoms with Crippen molar-refractivity contribution in [1.82, 2.24) is 4.57 Å². The van der Waals surface area contributed by atoms with Crippen LogP contribution in [0.4, 0.5) is 0 Å². The van der Waals surface area contributed by atoms with E-state index >= 15 is 0 Å². The summed E-state index contributed by atoms with van der Waals surface area (Å²) in [5.41, 5.74) is 2.56. The maximum Gasteiger partial charge on any atom is 0.0483 e. The van der Waals surface area contributed by atoms with Crippen LogP contribution in [-0.2, 0) is 13.0 Å². The molecule has 2 heteroatoms. The largest absolute Gasteiger partial charge is 0.396 e. The molecule has 96 valence electrons. The molecule has 0 bridgehead atoms. The van der Waals surface area contributed by atoms with Gasteiger partial charge < -0.3 is 9.67 Å². The first-order valence-corrected chi connectivity index (χ1v) is 7.05. The Kier molecular flexibility index (Phi) is 3.37. The van der Waals surface area contributed by atoms with Crippen LogP contribution < -0.4 is 0 Å². The predicted molar refractivity (Wildman–Crippen MR) is 74.7 cm³/mol. The number of aliphatic hydroxyl groups excluding tert-OH is 1. The van der Waals surface area contributed by atoms with E-state index in [2.05, 4.69) is 35.0 Å². The van der Waals surface area contributed by atoms with Gasteiger partial charge in [0.25, 0.3) is 0 Å². The summed E-state index contributed by atoms with van der Waals surface area (Å²) in [4.78, 5) is 0. The average molecular weight is 243 g/mol. The predicted octanol–water partition coefficient (Wildman–Crippen LogP) is 3.37. The topological polar surface area (TPSA) is 25.2 Å². The van der Waals surface area contributed by atoms with Gasteiger partial charge in [0, 0.05) is 24.9 Å². The van der Waals surface area contributed by atoms with E-state index in [0.717, 1.165) is 18.9 Å². The molecule has 1 aromatic carbocycles. The maximum atomic E-state index is 9.03. The zero-order valence-electron chi connectivity index (χ0n) is 10.8. The van der Waals surface area contributed by atoms with Crippen LogP contribution in [0.1, 0.15) is 31.2 Å². The number of hydrogen-bond acceptors (Lipinski definition) is 1. The molecule has 0 radical (unpaired) electrons. The smallest absolute Gasteiger partial charge is 0.0483 e. The van der Waals surface area contributed by atoms with Gasteiger partial charge in [-0.1, -0.05) is 25.0 Å². The van der Waals surface area contributed by atoms with Gasteiger partial charge in [-0.25, -0.2) is 0 Å². The first-order valence-electron chi connectivity index (χ1n) is 7.05. The zero-order chi connectivity index (χ0) is 12.4. The summed E-state index contributed by atoms with van der Waals surface area (Å²) < 4.78 is 2.40. The Hall–Kier alpha value is -1.28. The monoisotopic (exact) mass is 243 g/mol. The van der Waals surface area contributed by atoms with Crippen molar-refractivity contribution < 1.29 is 5.11 Å². The highest BCUT2D eigenvalue weighted by molar-refractivity contribution is 5.80. The second-order valence-electron chi connectivity index (χ2n) is 5.49. The highest BCUT2D eigenvalue weighted by Gasteiger charge is 2.16. The van der Waals surface area contributed by atoms with Crippen molar-refractivity contribution in [3.63, 3.8) is 0 Å². The van der Waals surface area contributed by atoms with E-state index < -0.39 is 0 Å². The van der Waals surface area contributed by atoms with Crippen molar-refractivity contribution in [3.8, 4) is 0 Å². The van der Waals surface area contributed by atoms with E-state index in [1.54, 1.807) is 0 Å². The number of hydrogen-bond donors (Lipinski definition) is 1. The van der Waals surface area contributed by atoms with Gasteiger partial charge in [-0.15, -0.1) is 0 Å². The fourth-order valence-corrected chi connectivity index (χ4v) is 3.14. The Morgan fingerprint density at radius 2 is 2.00 bits per heavy atom. The molecule has 2 aromatic rings. The lowest BCUT2D eigenvalue weighted by atomic mass is 10.1. The molecule has 1 saturated carbocycles. The molecule has 0 amide bonds. The number of nitrogens with zero attached hydrogens (tertiary/aromatic N) is 1. The molecule has 18 heavy (non-hydrogen) atoms. The molecule has 1 heterocycles. The van der Waals surface area contributed by atoms with Gasteiger partial charge in [0.15, 0.2) is 0 Å². The summed E-state index contributed by atoms with van der Waals surface area (Å²) in [5.74, 6) is 0.863. The van der Waals surface area contributed by atoms with Crippen LogP contribution >= 0.6 is 0 Å². The highest BCUT2D eigenvalue weighted by Crippen LogP contribution is 2.28. The van der Waals surface area contributed by atoms with Crippen molar-refractivity contribution in [2.75, 3.05) is 6.61 Å². The van der Waals surface area contributed by atoms with E-state index in [9.17, 15) is 0 Å². The number of fused-ring (bicyclic) bond motifs is 1. The molecule has 0 atom stereocenters. The van der Waals surface area contributed by atoms with Crippen LogP contribution in [-0.4, -0.2) is 16.3 Å². The van der Waals surface area contributed by atoms with Gasteiger partial charge >= 0.3 is 0 Å². The second-order valence-corrected chi connectivity index (χ2v) is 5.49. The van der Waals surface area contributed by atoms with Gasteiger partial charge in [-0.05, 0) is 48.3 Å². The molecule has 0 spiro atoms. The third-order valence-electron chi connectivity index (χ3n) is 4.17. The SMILES string of the molecule is OCCc1ccc2ccn(CC3CCCC3)c2c1. The van der Waals surface area contributed by atoms with E-state index in [4.69, 9.17) is 5.11 Å². The fourth-order valence-electron chi connectivity index (χ4n) is 3.14. The molecular weight excluding hydrogens is 222 g/mol. The fraction of sp³-hybridized carbons (Fsp3) is 0.500. The van der Waals surface area contributed by atoms with E-state index in [1.807, 2.05) is 0 Å². The molecule has 1 aliphatic carbocycles. The van der Waals surface area contributed by atoms with Crippen LogP contribution in [0, 0.1) is 5.92 Å². The summed E-state index contributed by atoms with van der Waals surface area (Å²) in [6.45, 7) is 1.39. The summed E-state index contributed by atoms with van der Waals surface area (Å²) >= 11 is 0. The molecule has 1 aliphatic rings. The molecule has 0 unspecified atom stereocenters. The van der Waals surface area contributed by atoms with Gasteiger partial charge in [0.05, 0.1) is 0 Å². The number of aromatic nitrogens is 1. The standard InChI is InChI=1S/C16H21NO/c18-10-8-13-5-6-15-7-9-17(16(15)11-13)12-14-3-1-2-4-14/h5-7,9,11,14,18H,1-4,8,10,12H2. The molecule has 0 saturated heterocycles. The van der Waals surface area contributed by atoms with Crippen molar-refractivity contribution in [3.05, 3.63) is 36.0 Å². The Morgan fingerprint density at radius 3 is 2.78 bits per heavy atom. The summed E-state index contributed by atoms with van der Waals surface area (Å²) in [5, 5.41) is 10.3. The molecule has 2 nitrogen and oxygen atoms in total. The molecule has 3 rings (SSSR count). The van der Waals surface area contributed by atoms with Crippen LogP contribution in [0.25, 0.3) is 10.9 Å². The molecule has 1 N–H and O–H groups in total. The van der Waals surface area contributed by atoms with Gasteiger partial charge in [0.2, 0.25) is 0 Å². The third-order valence-corrected chi connectivity index (χ3v) is 4.17. The van der Waals surface area contributed by atoms with Crippen LogP contribution in [0.2, 0.25) is 0 Å². The van der Waals surface area contributed by atoms with Gasteiger partial charge in [-0.3, -0.25) is 0 Å². The first-order chi connectivity index (χ1) is 8.86. The maximum absolute atomic E-state index is 9.03. The Balaban J connectivity index is 1.88. The second kappa shape index (κ2) is 5.15. The zero-order valence-corrected chi connectivity index (χ0v) is 10.8. The minimum Gasteiger partial charge on any atom is -0.396 e. The van der Waals surface area contributed by atoms with E-state index in [1.165, 1.54) is 42.1 Å². The van der Waals surface area contributed by atoms with E-state index in [-0.39, 0.29) is 6.61 Å². The van der Waals surface area contributed by atoms with Crippen LogP contribution in [0.15, 0.2) is 30.5 Å². The molecule has 1 aromatic heterocycles. The number of aliphatic hydroxyl groups is 1. The number of rotatable bonds is 4. The molecular formula is C16H21NO. The lowest BCUT2D eigenvalue weighted by Crippen LogP contribution is -2.06. The summed E-state index contributed by atoms with van der Waals surface area (Å²) in [6.07, 6.45) is 8.54. The highest BCUT2D eigenvalue weighted by atomic mass is 16.2. The summed E-state index contributed by atoms with van der Waals surface area (Å²) in [6, 6.07) is 8.73. The lowest BCUT2D eigenvalue weighted by molar-refractivity contribution is 0.299. The first kappa shape index (κ1) is 11.8. The van der Waals surface area contributed by atoms with E-state index in [0.29, 0.717) is 0 Å². The third kappa shape index (κ3) is 2.30.